The Kier molecular flexibility index (Phi) is 6.85. The molecule has 2 heterocycles. The summed E-state index contributed by atoms with van der Waals surface area (Å²) in [4.78, 5) is 4.82. The van der Waals surface area contributed by atoms with Crippen molar-refractivity contribution < 1.29 is 27.2 Å². The molecule has 1 saturated heterocycles. The molecule has 0 N–H and O–H groups in total. The lowest BCUT2D eigenvalue weighted by Gasteiger charge is -2.29. The second kappa shape index (κ2) is 9.80. The highest BCUT2D eigenvalue weighted by atomic mass is 32.2. The Morgan fingerprint density at radius 1 is 1.03 bits per heavy atom. The van der Waals surface area contributed by atoms with Crippen molar-refractivity contribution in [2.75, 3.05) is 33.9 Å². The molecule has 9 nitrogen and oxygen atoms in total. The van der Waals surface area contributed by atoms with Crippen molar-refractivity contribution in [3.63, 3.8) is 0 Å². The molecule has 2 aromatic carbocycles. The number of piperidine rings is 1. The average molecular weight is 474 g/mol. The van der Waals surface area contributed by atoms with Gasteiger partial charge < -0.3 is 18.7 Å². The topological polar surface area (TPSA) is 104 Å². The number of ether oxygens (including phenoxy) is 3. The highest BCUT2D eigenvalue weighted by molar-refractivity contribution is 7.89. The minimum Gasteiger partial charge on any atom is -0.497 e. The Morgan fingerprint density at radius 2 is 1.76 bits per heavy atom. The van der Waals surface area contributed by atoms with Crippen LogP contribution in [0.2, 0.25) is 0 Å². The Bertz CT molecular complexity index is 1190. The van der Waals surface area contributed by atoms with E-state index < -0.39 is 10.0 Å². The van der Waals surface area contributed by atoms with Crippen LogP contribution in [-0.4, -0.2) is 56.8 Å². The van der Waals surface area contributed by atoms with Gasteiger partial charge in [0.1, 0.15) is 5.75 Å². The van der Waals surface area contributed by atoms with Crippen molar-refractivity contribution in [2.24, 2.45) is 0 Å². The maximum Gasteiger partial charge on any atom is 0.243 e. The zero-order chi connectivity index (χ0) is 23.4. The summed E-state index contributed by atoms with van der Waals surface area (Å²) in [7, 11) is -0.436. The second-order valence-electron chi connectivity index (χ2n) is 7.61. The molecular weight excluding hydrogens is 446 g/mol. The van der Waals surface area contributed by atoms with Crippen LogP contribution in [0.4, 0.5) is 0 Å². The highest BCUT2D eigenvalue weighted by Crippen LogP contribution is 2.34. The van der Waals surface area contributed by atoms with E-state index in [-0.39, 0.29) is 10.8 Å². The molecule has 1 aliphatic rings. The number of aromatic nitrogens is 2. The fourth-order valence-electron chi connectivity index (χ4n) is 3.84. The van der Waals surface area contributed by atoms with Gasteiger partial charge >= 0.3 is 0 Å². The van der Waals surface area contributed by atoms with Gasteiger partial charge in [-0.05, 0) is 62.2 Å². The smallest absolute Gasteiger partial charge is 0.243 e. The van der Waals surface area contributed by atoms with E-state index in [0.717, 1.165) is 5.56 Å². The van der Waals surface area contributed by atoms with Crippen LogP contribution in [0.1, 0.15) is 31.6 Å². The van der Waals surface area contributed by atoms with E-state index in [9.17, 15) is 8.42 Å². The van der Waals surface area contributed by atoms with Crippen LogP contribution in [0, 0.1) is 0 Å². The first-order chi connectivity index (χ1) is 16.0. The van der Waals surface area contributed by atoms with Crippen LogP contribution in [0.3, 0.4) is 0 Å². The van der Waals surface area contributed by atoms with E-state index >= 15 is 0 Å². The summed E-state index contributed by atoms with van der Waals surface area (Å²) in [6, 6.07) is 11.9. The third kappa shape index (κ3) is 4.81. The van der Waals surface area contributed by atoms with Crippen LogP contribution < -0.4 is 14.2 Å². The molecule has 33 heavy (non-hydrogen) atoms. The van der Waals surface area contributed by atoms with Gasteiger partial charge in [-0.25, -0.2) is 8.42 Å². The van der Waals surface area contributed by atoms with Crippen molar-refractivity contribution in [2.45, 2.75) is 30.6 Å². The lowest BCUT2D eigenvalue weighted by Crippen LogP contribution is -2.37. The van der Waals surface area contributed by atoms with Gasteiger partial charge in [-0.15, -0.1) is 0 Å². The van der Waals surface area contributed by atoms with Gasteiger partial charge in [-0.2, -0.15) is 9.29 Å². The monoisotopic (exact) mass is 473 g/mol. The number of sulfonamides is 1. The van der Waals surface area contributed by atoms with Gasteiger partial charge in [-0.3, -0.25) is 0 Å². The Labute approximate surface area is 193 Å². The van der Waals surface area contributed by atoms with Crippen molar-refractivity contribution >= 4 is 10.0 Å². The van der Waals surface area contributed by atoms with Crippen LogP contribution in [-0.2, 0) is 10.0 Å². The predicted octanol–water partition coefficient (Wildman–Crippen LogP) is 3.72. The number of hydrogen-bond acceptors (Lipinski definition) is 8. The third-order valence-corrected chi connectivity index (χ3v) is 7.58. The first-order valence-corrected chi connectivity index (χ1v) is 12.2. The quantitative estimate of drug-likeness (QED) is 0.488. The molecule has 10 heteroatoms. The molecule has 1 aromatic heterocycles. The largest absolute Gasteiger partial charge is 0.497 e. The van der Waals surface area contributed by atoms with Crippen LogP contribution in [0.5, 0.6) is 17.2 Å². The van der Waals surface area contributed by atoms with E-state index in [1.807, 2.05) is 25.1 Å². The summed E-state index contributed by atoms with van der Waals surface area (Å²) in [6.45, 7) is 3.21. The molecule has 0 radical (unpaired) electrons. The highest BCUT2D eigenvalue weighted by Gasteiger charge is 2.32. The molecule has 0 bridgehead atoms. The van der Waals surface area contributed by atoms with E-state index in [2.05, 4.69) is 10.1 Å². The minimum atomic E-state index is -3.56. The summed E-state index contributed by atoms with van der Waals surface area (Å²) >= 11 is 0. The van der Waals surface area contributed by atoms with Crippen molar-refractivity contribution in [3.8, 4) is 28.6 Å². The Balaban J connectivity index is 1.44. The standard InChI is InChI=1S/C23H27N3O6S/c1-4-31-20-10-5-17(15-21(20)30-3)22-24-23(32-25-22)16-11-13-26(14-12-16)33(27,28)19-8-6-18(29-2)7-9-19/h5-10,15-16H,4,11-14H2,1-3H3. The minimum absolute atomic E-state index is 0.00170. The lowest BCUT2D eigenvalue weighted by atomic mass is 9.98. The van der Waals surface area contributed by atoms with Crippen molar-refractivity contribution in [1.82, 2.24) is 14.4 Å². The van der Waals surface area contributed by atoms with Crippen molar-refractivity contribution in [3.05, 3.63) is 48.4 Å². The number of benzene rings is 2. The molecule has 0 amide bonds. The number of hydrogen-bond donors (Lipinski definition) is 0. The second-order valence-corrected chi connectivity index (χ2v) is 9.55. The lowest BCUT2D eigenvalue weighted by molar-refractivity contribution is 0.270. The van der Waals surface area contributed by atoms with Crippen LogP contribution >= 0.6 is 0 Å². The number of rotatable bonds is 8. The third-order valence-electron chi connectivity index (χ3n) is 5.66. The first kappa shape index (κ1) is 23.1. The van der Waals surface area contributed by atoms with Crippen LogP contribution in [0.15, 0.2) is 51.9 Å². The van der Waals surface area contributed by atoms with Gasteiger partial charge in [0, 0.05) is 24.6 Å². The predicted molar refractivity (Wildman–Crippen MR) is 121 cm³/mol. The molecule has 0 aliphatic carbocycles. The average Bonchev–Trinajstić information content (AvgIpc) is 3.35. The molecule has 4 rings (SSSR count). The van der Waals surface area contributed by atoms with Gasteiger partial charge in [0.15, 0.2) is 11.5 Å². The molecule has 3 aromatic rings. The fourth-order valence-corrected chi connectivity index (χ4v) is 5.31. The summed E-state index contributed by atoms with van der Waals surface area (Å²) < 4.78 is 49.0. The van der Waals surface area contributed by atoms with Gasteiger partial charge in [-0.1, -0.05) is 5.16 Å². The summed E-state index contributed by atoms with van der Waals surface area (Å²) in [6.07, 6.45) is 1.20. The molecule has 1 fully saturated rings. The van der Waals surface area contributed by atoms with E-state index in [0.29, 0.717) is 61.5 Å². The van der Waals surface area contributed by atoms with Gasteiger partial charge in [0.25, 0.3) is 0 Å². The van der Waals surface area contributed by atoms with Gasteiger partial charge in [0.2, 0.25) is 21.7 Å². The van der Waals surface area contributed by atoms with Gasteiger partial charge in [0.05, 0.1) is 25.7 Å². The summed E-state index contributed by atoms with van der Waals surface area (Å²) in [5.74, 6) is 2.83. The molecule has 0 atom stereocenters. The Hall–Kier alpha value is -3.11. The first-order valence-electron chi connectivity index (χ1n) is 10.7. The molecule has 0 unspecified atom stereocenters. The summed E-state index contributed by atoms with van der Waals surface area (Å²) in [5, 5.41) is 4.12. The zero-order valence-electron chi connectivity index (χ0n) is 18.9. The molecule has 176 valence electrons. The maximum atomic E-state index is 13.0. The molecular formula is C23H27N3O6S. The number of nitrogens with zero attached hydrogens (tertiary/aromatic N) is 3. The molecule has 1 aliphatic heterocycles. The van der Waals surface area contributed by atoms with E-state index in [1.54, 1.807) is 38.5 Å². The SMILES string of the molecule is CCOc1ccc(-c2noc(C3CCN(S(=O)(=O)c4ccc(OC)cc4)CC3)n2)cc1OC. The van der Waals surface area contributed by atoms with Crippen molar-refractivity contribution in [1.29, 1.82) is 0 Å². The zero-order valence-corrected chi connectivity index (χ0v) is 19.7. The number of methoxy groups -OCH3 is 2. The summed E-state index contributed by atoms with van der Waals surface area (Å²) in [5.41, 5.74) is 0.754. The fraction of sp³-hybridized carbons (Fsp3) is 0.391. The van der Waals surface area contributed by atoms with E-state index in [4.69, 9.17) is 18.7 Å². The Morgan fingerprint density at radius 3 is 2.39 bits per heavy atom. The normalized spacial score (nSPS) is 15.4. The van der Waals surface area contributed by atoms with Crippen LogP contribution in [0.25, 0.3) is 11.4 Å². The maximum absolute atomic E-state index is 13.0. The molecule has 0 spiro atoms. The van der Waals surface area contributed by atoms with E-state index in [1.165, 1.54) is 4.31 Å². The molecule has 0 saturated carbocycles.